The van der Waals surface area contributed by atoms with Crippen molar-refractivity contribution in [2.75, 3.05) is 26.2 Å². The van der Waals surface area contributed by atoms with E-state index in [0.29, 0.717) is 5.76 Å². The lowest BCUT2D eigenvalue weighted by Crippen LogP contribution is -2.28. The molecule has 1 aliphatic rings. The van der Waals surface area contributed by atoms with Crippen LogP contribution in [0.1, 0.15) is 29.8 Å². The Hall–Kier alpha value is -1.29. The number of amides is 1. The second-order valence-corrected chi connectivity index (χ2v) is 4.14. The second kappa shape index (κ2) is 5.70. The molecule has 0 radical (unpaired) electrons. The summed E-state index contributed by atoms with van der Waals surface area (Å²) in [6.07, 6.45) is 5.16. The number of hydrogen-bond donors (Lipinski definition) is 1. The van der Waals surface area contributed by atoms with E-state index in [1.54, 1.807) is 12.1 Å². The Labute approximate surface area is 95.6 Å². The summed E-state index contributed by atoms with van der Waals surface area (Å²) >= 11 is 0. The van der Waals surface area contributed by atoms with E-state index >= 15 is 0 Å². The maximum absolute atomic E-state index is 11.5. The highest BCUT2D eigenvalue weighted by Gasteiger charge is 2.11. The molecule has 0 spiro atoms. The van der Waals surface area contributed by atoms with E-state index in [4.69, 9.17) is 4.42 Å². The fraction of sp³-hybridized carbons (Fsp3) is 0.583. The molecule has 1 N–H and O–H groups in total. The largest absolute Gasteiger partial charge is 0.459 e. The van der Waals surface area contributed by atoms with E-state index in [9.17, 15) is 4.79 Å². The Morgan fingerprint density at radius 2 is 2.25 bits per heavy atom. The zero-order chi connectivity index (χ0) is 11.2. The molecule has 0 unspecified atom stereocenters. The van der Waals surface area contributed by atoms with E-state index in [1.165, 1.54) is 32.2 Å². The van der Waals surface area contributed by atoms with Crippen LogP contribution in [0.2, 0.25) is 0 Å². The highest BCUT2D eigenvalue weighted by molar-refractivity contribution is 5.91. The van der Waals surface area contributed by atoms with Crippen molar-refractivity contribution in [3.63, 3.8) is 0 Å². The van der Waals surface area contributed by atoms with Crippen molar-refractivity contribution in [1.29, 1.82) is 0 Å². The number of likely N-dealkylation sites (tertiary alicyclic amines) is 1. The molecular weight excluding hydrogens is 204 g/mol. The third-order valence-electron chi connectivity index (χ3n) is 2.88. The molecule has 2 heterocycles. The summed E-state index contributed by atoms with van der Waals surface area (Å²) in [5.41, 5.74) is 0. The summed E-state index contributed by atoms with van der Waals surface area (Å²) in [6.45, 7) is 4.23. The number of carbonyl (C=O) groups is 1. The van der Waals surface area contributed by atoms with Gasteiger partial charge in [0, 0.05) is 6.54 Å². The van der Waals surface area contributed by atoms with Crippen LogP contribution >= 0.6 is 0 Å². The van der Waals surface area contributed by atoms with Gasteiger partial charge in [-0.25, -0.2) is 0 Å². The van der Waals surface area contributed by atoms with Crippen LogP contribution in [0.25, 0.3) is 0 Å². The maximum Gasteiger partial charge on any atom is 0.286 e. The van der Waals surface area contributed by atoms with Crippen LogP contribution < -0.4 is 5.32 Å². The Morgan fingerprint density at radius 1 is 1.44 bits per heavy atom. The van der Waals surface area contributed by atoms with Gasteiger partial charge in [0.2, 0.25) is 0 Å². The first-order chi connectivity index (χ1) is 7.86. The molecule has 0 aromatic carbocycles. The van der Waals surface area contributed by atoms with Crippen molar-refractivity contribution in [3.8, 4) is 0 Å². The third-order valence-corrected chi connectivity index (χ3v) is 2.88. The van der Waals surface area contributed by atoms with Crippen LogP contribution in [0.15, 0.2) is 22.8 Å². The van der Waals surface area contributed by atoms with E-state index in [1.807, 2.05) is 0 Å². The molecule has 0 atom stereocenters. The molecule has 0 saturated carbocycles. The molecule has 0 aliphatic carbocycles. The van der Waals surface area contributed by atoms with E-state index in [-0.39, 0.29) is 5.91 Å². The Balaban J connectivity index is 1.59. The van der Waals surface area contributed by atoms with Gasteiger partial charge >= 0.3 is 0 Å². The van der Waals surface area contributed by atoms with Crippen LogP contribution in [0.4, 0.5) is 0 Å². The van der Waals surface area contributed by atoms with E-state index in [0.717, 1.165) is 19.5 Å². The fourth-order valence-corrected chi connectivity index (χ4v) is 2.01. The summed E-state index contributed by atoms with van der Waals surface area (Å²) in [7, 11) is 0. The Kier molecular flexibility index (Phi) is 3.99. The third kappa shape index (κ3) is 3.10. The molecule has 1 aromatic heterocycles. The molecule has 1 aromatic rings. The van der Waals surface area contributed by atoms with Gasteiger partial charge in [0.25, 0.3) is 5.91 Å². The number of nitrogens with one attached hydrogen (secondary N) is 1. The minimum atomic E-state index is -0.119. The van der Waals surface area contributed by atoms with Crippen molar-refractivity contribution in [2.45, 2.75) is 19.3 Å². The van der Waals surface area contributed by atoms with Crippen LogP contribution in [0, 0.1) is 0 Å². The number of nitrogens with zero attached hydrogens (tertiary/aromatic N) is 1. The number of rotatable bonds is 5. The standard InChI is InChI=1S/C12H18N2O2/c15-12(11-5-3-10-16-11)13-6-4-9-14-7-1-2-8-14/h3,5,10H,1-2,4,6-9H2,(H,13,15). The van der Waals surface area contributed by atoms with E-state index < -0.39 is 0 Å². The van der Waals surface area contributed by atoms with Gasteiger partial charge in [-0.3, -0.25) is 4.79 Å². The number of hydrogen-bond acceptors (Lipinski definition) is 3. The molecule has 16 heavy (non-hydrogen) atoms. The summed E-state index contributed by atoms with van der Waals surface area (Å²) < 4.78 is 5.00. The van der Waals surface area contributed by atoms with E-state index in [2.05, 4.69) is 10.2 Å². The molecule has 1 aliphatic heterocycles. The number of carbonyl (C=O) groups excluding carboxylic acids is 1. The average Bonchev–Trinajstić information content (AvgIpc) is 2.96. The zero-order valence-electron chi connectivity index (χ0n) is 9.45. The zero-order valence-corrected chi connectivity index (χ0v) is 9.45. The van der Waals surface area contributed by atoms with Crippen molar-refractivity contribution in [3.05, 3.63) is 24.2 Å². The molecule has 88 valence electrons. The molecule has 1 fully saturated rings. The van der Waals surface area contributed by atoms with Gasteiger partial charge in [-0.1, -0.05) is 0 Å². The molecule has 4 heteroatoms. The van der Waals surface area contributed by atoms with Crippen molar-refractivity contribution in [1.82, 2.24) is 10.2 Å². The molecule has 1 amide bonds. The van der Waals surface area contributed by atoms with Gasteiger partial charge < -0.3 is 14.6 Å². The first-order valence-electron chi connectivity index (χ1n) is 5.90. The molecular formula is C12H18N2O2. The van der Waals surface area contributed by atoms with Crippen molar-refractivity contribution in [2.24, 2.45) is 0 Å². The highest BCUT2D eigenvalue weighted by Crippen LogP contribution is 2.07. The molecule has 0 bridgehead atoms. The van der Waals surface area contributed by atoms with Gasteiger partial charge in [-0.2, -0.15) is 0 Å². The minimum Gasteiger partial charge on any atom is -0.459 e. The first-order valence-corrected chi connectivity index (χ1v) is 5.90. The quantitative estimate of drug-likeness (QED) is 0.768. The predicted molar refractivity (Wildman–Crippen MR) is 61.3 cm³/mol. The fourth-order valence-electron chi connectivity index (χ4n) is 2.01. The lowest BCUT2D eigenvalue weighted by atomic mass is 10.3. The lowest BCUT2D eigenvalue weighted by molar-refractivity contribution is 0.0924. The second-order valence-electron chi connectivity index (χ2n) is 4.14. The topological polar surface area (TPSA) is 45.5 Å². The van der Waals surface area contributed by atoms with Crippen molar-refractivity contribution >= 4 is 5.91 Å². The lowest BCUT2D eigenvalue weighted by Gasteiger charge is -2.13. The normalized spacial score (nSPS) is 16.5. The van der Waals surface area contributed by atoms with Crippen molar-refractivity contribution < 1.29 is 9.21 Å². The summed E-state index contributed by atoms with van der Waals surface area (Å²) in [5, 5.41) is 2.85. The first kappa shape index (κ1) is 11.2. The number of furan rings is 1. The molecule has 1 saturated heterocycles. The Bertz CT molecular complexity index is 316. The van der Waals surface area contributed by atoms with Crippen LogP contribution in [-0.4, -0.2) is 37.0 Å². The molecule has 2 rings (SSSR count). The Morgan fingerprint density at radius 3 is 2.94 bits per heavy atom. The van der Waals surface area contributed by atoms with Gasteiger partial charge in [-0.05, 0) is 51.0 Å². The van der Waals surface area contributed by atoms with Gasteiger partial charge in [0.05, 0.1) is 6.26 Å². The average molecular weight is 222 g/mol. The van der Waals surface area contributed by atoms with Crippen LogP contribution in [-0.2, 0) is 0 Å². The SMILES string of the molecule is O=C(NCCCN1CCCC1)c1ccco1. The van der Waals surface area contributed by atoms with Crippen LogP contribution in [0.5, 0.6) is 0 Å². The summed E-state index contributed by atoms with van der Waals surface area (Å²) in [5.74, 6) is 0.271. The smallest absolute Gasteiger partial charge is 0.286 e. The minimum absolute atomic E-state index is 0.119. The van der Waals surface area contributed by atoms with Gasteiger partial charge in [-0.15, -0.1) is 0 Å². The highest BCUT2D eigenvalue weighted by atomic mass is 16.3. The molecule has 4 nitrogen and oxygen atoms in total. The maximum atomic E-state index is 11.5. The van der Waals surface area contributed by atoms with Gasteiger partial charge in [0.1, 0.15) is 0 Å². The summed E-state index contributed by atoms with van der Waals surface area (Å²) in [6, 6.07) is 3.40. The van der Waals surface area contributed by atoms with Gasteiger partial charge in [0.15, 0.2) is 5.76 Å². The summed E-state index contributed by atoms with van der Waals surface area (Å²) in [4.78, 5) is 13.9. The van der Waals surface area contributed by atoms with Crippen LogP contribution in [0.3, 0.4) is 0 Å². The monoisotopic (exact) mass is 222 g/mol. The predicted octanol–water partition coefficient (Wildman–Crippen LogP) is 1.50.